The number of alkyl halides is 3. The number of rotatable bonds is 5. The first-order valence-electron chi connectivity index (χ1n) is 10.5. The van der Waals surface area contributed by atoms with Gasteiger partial charge in [-0.15, -0.1) is 0 Å². The van der Waals surface area contributed by atoms with Crippen molar-refractivity contribution in [2.24, 2.45) is 0 Å². The summed E-state index contributed by atoms with van der Waals surface area (Å²) in [4.78, 5) is 34.1. The quantitative estimate of drug-likeness (QED) is 0.545. The summed E-state index contributed by atoms with van der Waals surface area (Å²) in [7, 11) is 0. The van der Waals surface area contributed by atoms with Crippen molar-refractivity contribution in [3.63, 3.8) is 0 Å². The number of halogens is 4. The Hall–Kier alpha value is -3.81. The molecule has 1 N–H and O–H groups in total. The molecule has 4 heterocycles. The molecule has 1 aliphatic rings. The molecule has 0 spiro atoms. The van der Waals surface area contributed by atoms with Gasteiger partial charge >= 0.3 is 6.18 Å². The zero-order valence-corrected chi connectivity index (χ0v) is 18.7. The number of hydrogen-bond donors (Lipinski definition) is 1. The van der Waals surface area contributed by atoms with Gasteiger partial charge in [0.25, 0.3) is 0 Å². The number of morpholine rings is 1. The highest BCUT2D eigenvalue weighted by molar-refractivity contribution is 5.90. The lowest BCUT2D eigenvalue weighted by molar-refractivity contribution is -0.141. The van der Waals surface area contributed by atoms with Gasteiger partial charge in [0.1, 0.15) is 12.9 Å². The number of amides is 2. The van der Waals surface area contributed by atoms with E-state index in [2.05, 4.69) is 20.4 Å². The standard InChI is InChI=1S/C21H21F4N7O3/c1-12-5-18(21(23,24)25)29-32(12)9-19(34)28-14-6-15(22)20(26-7-14)30-8-16(27-11-30)17-10-35-4-3-31(17)13(2)33/h5-8,11,17H,3-4,9-10H2,1-2H3,(H,28,34). The van der Waals surface area contributed by atoms with Crippen molar-refractivity contribution >= 4 is 17.5 Å². The van der Waals surface area contributed by atoms with Crippen LogP contribution in [0.25, 0.3) is 5.82 Å². The van der Waals surface area contributed by atoms with Gasteiger partial charge in [-0.05, 0) is 13.0 Å². The Labute approximate surface area is 196 Å². The molecule has 0 aliphatic carbocycles. The molecule has 1 saturated heterocycles. The van der Waals surface area contributed by atoms with Crippen molar-refractivity contribution in [2.45, 2.75) is 32.6 Å². The molecule has 0 aromatic carbocycles. The van der Waals surface area contributed by atoms with Crippen molar-refractivity contribution in [1.29, 1.82) is 0 Å². The molecule has 10 nitrogen and oxygen atoms in total. The maximum Gasteiger partial charge on any atom is 0.435 e. The molecule has 3 aromatic rings. The van der Waals surface area contributed by atoms with Crippen LogP contribution in [0.1, 0.15) is 30.0 Å². The first-order chi connectivity index (χ1) is 16.5. The second-order valence-corrected chi connectivity index (χ2v) is 7.91. The first-order valence-corrected chi connectivity index (χ1v) is 10.5. The molecule has 0 saturated carbocycles. The molecule has 14 heteroatoms. The maximum absolute atomic E-state index is 14.8. The summed E-state index contributed by atoms with van der Waals surface area (Å²) in [6.45, 7) is 3.45. The summed E-state index contributed by atoms with van der Waals surface area (Å²) < 4.78 is 60.8. The van der Waals surface area contributed by atoms with E-state index in [1.54, 1.807) is 4.90 Å². The highest BCUT2D eigenvalue weighted by atomic mass is 19.4. The molecule has 1 unspecified atom stereocenters. The van der Waals surface area contributed by atoms with E-state index in [1.807, 2.05) is 0 Å². The minimum absolute atomic E-state index is 0.0147. The lowest BCUT2D eigenvalue weighted by atomic mass is 10.1. The van der Waals surface area contributed by atoms with E-state index in [9.17, 15) is 27.2 Å². The minimum atomic E-state index is -4.63. The Morgan fingerprint density at radius 2 is 2.03 bits per heavy atom. The summed E-state index contributed by atoms with van der Waals surface area (Å²) in [5, 5.41) is 5.78. The number of aryl methyl sites for hydroxylation is 1. The average molecular weight is 495 g/mol. The molecule has 1 atom stereocenters. The van der Waals surface area contributed by atoms with Gasteiger partial charge in [0, 0.05) is 31.4 Å². The molecule has 35 heavy (non-hydrogen) atoms. The van der Waals surface area contributed by atoms with Gasteiger partial charge in [0.15, 0.2) is 17.3 Å². The Bertz CT molecular complexity index is 1250. The third-order valence-electron chi connectivity index (χ3n) is 5.39. The Kier molecular flexibility index (Phi) is 6.56. The fourth-order valence-electron chi connectivity index (χ4n) is 3.69. The van der Waals surface area contributed by atoms with Crippen LogP contribution in [0.5, 0.6) is 0 Å². The fourth-order valence-corrected chi connectivity index (χ4v) is 3.69. The zero-order chi connectivity index (χ0) is 25.3. The number of anilines is 1. The molecule has 186 valence electrons. The number of nitrogens with one attached hydrogen (secondary N) is 1. The summed E-state index contributed by atoms with van der Waals surface area (Å²) in [6.07, 6.45) is -0.530. The smallest absolute Gasteiger partial charge is 0.377 e. The zero-order valence-electron chi connectivity index (χ0n) is 18.7. The normalized spacial score (nSPS) is 16.4. The Morgan fingerprint density at radius 1 is 1.26 bits per heavy atom. The largest absolute Gasteiger partial charge is 0.435 e. The van der Waals surface area contributed by atoms with E-state index < -0.39 is 36.2 Å². The predicted octanol–water partition coefficient (Wildman–Crippen LogP) is 2.49. The van der Waals surface area contributed by atoms with Crippen LogP contribution in [0.15, 0.2) is 30.9 Å². The van der Waals surface area contributed by atoms with Crippen molar-refractivity contribution in [1.82, 2.24) is 29.2 Å². The molecule has 1 fully saturated rings. The fraction of sp³-hybridized carbons (Fsp3) is 0.381. The number of ether oxygens (including phenoxy) is 1. The lowest BCUT2D eigenvalue weighted by Gasteiger charge is -2.33. The van der Waals surface area contributed by atoms with Crippen LogP contribution in [0.3, 0.4) is 0 Å². The van der Waals surface area contributed by atoms with Gasteiger partial charge in [-0.2, -0.15) is 18.3 Å². The van der Waals surface area contributed by atoms with E-state index in [-0.39, 0.29) is 29.7 Å². The number of hydrogen-bond acceptors (Lipinski definition) is 6. The van der Waals surface area contributed by atoms with E-state index in [4.69, 9.17) is 4.74 Å². The van der Waals surface area contributed by atoms with Crippen molar-refractivity contribution < 1.29 is 31.9 Å². The highest BCUT2D eigenvalue weighted by Gasteiger charge is 2.34. The lowest BCUT2D eigenvalue weighted by Crippen LogP contribution is -2.42. The number of aromatic nitrogens is 5. The molecule has 3 aromatic heterocycles. The third kappa shape index (κ3) is 5.31. The van der Waals surface area contributed by atoms with Crippen LogP contribution >= 0.6 is 0 Å². The van der Waals surface area contributed by atoms with E-state index in [0.29, 0.717) is 18.8 Å². The van der Waals surface area contributed by atoms with Crippen molar-refractivity contribution in [2.75, 3.05) is 25.1 Å². The van der Waals surface area contributed by atoms with Crippen molar-refractivity contribution in [3.05, 3.63) is 53.8 Å². The molecule has 0 bridgehead atoms. The van der Waals surface area contributed by atoms with Gasteiger partial charge in [-0.25, -0.2) is 14.4 Å². The summed E-state index contributed by atoms with van der Waals surface area (Å²) in [5.74, 6) is -1.70. The van der Waals surface area contributed by atoms with Crippen LogP contribution in [-0.2, 0) is 27.0 Å². The molecule has 2 amide bonds. The summed E-state index contributed by atoms with van der Waals surface area (Å²) in [5.41, 5.74) is -0.437. The second kappa shape index (κ2) is 9.44. The van der Waals surface area contributed by atoms with Crippen molar-refractivity contribution in [3.8, 4) is 5.82 Å². The van der Waals surface area contributed by atoms with Crippen LogP contribution in [0.2, 0.25) is 0 Å². The number of nitrogens with zero attached hydrogens (tertiary/aromatic N) is 6. The average Bonchev–Trinajstić information content (AvgIpc) is 3.41. The number of pyridine rings is 1. The molecular weight excluding hydrogens is 474 g/mol. The van der Waals surface area contributed by atoms with E-state index >= 15 is 0 Å². The number of imidazole rings is 1. The monoisotopic (exact) mass is 495 g/mol. The molecule has 0 radical (unpaired) electrons. The maximum atomic E-state index is 14.8. The molecule has 1 aliphatic heterocycles. The molecular formula is C21H21F4N7O3. The van der Waals surface area contributed by atoms with Crippen LogP contribution in [0.4, 0.5) is 23.2 Å². The summed E-state index contributed by atoms with van der Waals surface area (Å²) in [6, 6.07) is 1.45. The van der Waals surface area contributed by atoms with E-state index in [0.717, 1.165) is 16.8 Å². The van der Waals surface area contributed by atoms with Gasteiger partial charge in [-0.1, -0.05) is 0 Å². The van der Waals surface area contributed by atoms with Gasteiger partial charge < -0.3 is 15.0 Å². The molecule has 4 rings (SSSR count). The van der Waals surface area contributed by atoms with Crippen LogP contribution in [0, 0.1) is 12.7 Å². The second-order valence-electron chi connectivity index (χ2n) is 7.91. The Morgan fingerprint density at radius 3 is 2.69 bits per heavy atom. The number of carbonyl (C=O) groups is 2. The topological polar surface area (TPSA) is 107 Å². The highest BCUT2D eigenvalue weighted by Crippen LogP contribution is 2.28. The summed E-state index contributed by atoms with van der Waals surface area (Å²) >= 11 is 0. The SMILES string of the molecule is CC(=O)N1CCOCC1c1cn(-c2ncc(NC(=O)Cn3nc(C(F)(F)F)cc3C)cc2F)cn1. The predicted molar refractivity (Wildman–Crippen MR) is 113 cm³/mol. The van der Waals surface area contributed by atoms with Gasteiger partial charge in [0.2, 0.25) is 11.8 Å². The van der Waals surface area contributed by atoms with Crippen LogP contribution in [-0.4, -0.2) is 60.8 Å². The third-order valence-corrected chi connectivity index (χ3v) is 5.39. The Balaban J connectivity index is 1.45. The van der Waals surface area contributed by atoms with E-state index in [1.165, 1.54) is 37.1 Å². The minimum Gasteiger partial charge on any atom is -0.377 e. The van der Waals surface area contributed by atoms with Gasteiger partial charge in [0.05, 0.1) is 36.8 Å². The number of carbonyl (C=O) groups excluding carboxylic acids is 2. The first kappa shape index (κ1) is 24.3. The van der Waals surface area contributed by atoms with Crippen LogP contribution < -0.4 is 5.32 Å². The van der Waals surface area contributed by atoms with Gasteiger partial charge in [-0.3, -0.25) is 18.8 Å².